The van der Waals surface area contributed by atoms with Crippen LogP contribution in [-0.2, 0) is 11.2 Å². The molecular formula is C24H22ClFN4O2. The third kappa shape index (κ3) is 5.42. The molecular weight excluding hydrogens is 431 g/mol. The van der Waals surface area contributed by atoms with E-state index in [1.165, 1.54) is 12.1 Å². The number of benzene rings is 2. The number of piperazine rings is 1. The second-order valence-corrected chi connectivity index (χ2v) is 7.98. The van der Waals surface area contributed by atoms with Crippen molar-refractivity contribution < 1.29 is 14.0 Å². The van der Waals surface area contributed by atoms with Gasteiger partial charge in [-0.1, -0.05) is 23.7 Å². The predicted octanol–water partition coefficient (Wildman–Crippen LogP) is 4.02. The fourth-order valence-corrected chi connectivity index (χ4v) is 3.68. The minimum absolute atomic E-state index is 0.00603. The Hall–Kier alpha value is -3.45. The summed E-state index contributed by atoms with van der Waals surface area (Å²) >= 11 is 5.90. The van der Waals surface area contributed by atoms with Crippen molar-refractivity contribution in [1.29, 1.82) is 0 Å². The molecule has 2 aromatic carbocycles. The van der Waals surface area contributed by atoms with E-state index in [-0.39, 0.29) is 24.1 Å². The number of hydrogen-bond acceptors (Lipinski definition) is 4. The highest BCUT2D eigenvalue weighted by Gasteiger charge is 2.22. The summed E-state index contributed by atoms with van der Waals surface area (Å²) < 4.78 is 13.0. The summed E-state index contributed by atoms with van der Waals surface area (Å²) in [5.74, 6) is 0.262. The van der Waals surface area contributed by atoms with Crippen LogP contribution in [-0.4, -0.2) is 47.9 Å². The maximum atomic E-state index is 13.0. The van der Waals surface area contributed by atoms with E-state index < -0.39 is 0 Å². The van der Waals surface area contributed by atoms with Gasteiger partial charge in [0.05, 0.1) is 18.3 Å². The summed E-state index contributed by atoms with van der Waals surface area (Å²) in [5.41, 5.74) is 1.96. The summed E-state index contributed by atoms with van der Waals surface area (Å²) in [4.78, 5) is 33.2. The first-order valence-corrected chi connectivity index (χ1v) is 10.7. The molecule has 2 amide bonds. The smallest absolute Gasteiger partial charge is 0.253 e. The Labute approximate surface area is 190 Å². The SMILES string of the molecule is O=C(Cc1ccc(F)cc1)Nc1ccc(N2CCN(C(=O)c3ccc(Cl)cc3)CC2)nc1. The lowest BCUT2D eigenvalue weighted by atomic mass is 10.1. The third-order valence-corrected chi connectivity index (χ3v) is 5.54. The van der Waals surface area contributed by atoms with Gasteiger partial charge >= 0.3 is 0 Å². The largest absolute Gasteiger partial charge is 0.353 e. The summed E-state index contributed by atoms with van der Waals surface area (Å²) in [7, 11) is 0. The van der Waals surface area contributed by atoms with Gasteiger partial charge in [0.1, 0.15) is 11.6 Å². The monoisotopic (exact) mass is 452 g/mol. The number of pyridine rings is 1. The Morgan fingerprint density at radius 1 is 0.938 bits per heavy atom. The fraction of sp³-hybridized carbons (Fsp3) is 0.208. The Balaban J connectivity index is 1.29. The number of rotatable bonds is 5. The van der Waals surface area contributed by atoms with Crippen molar-refractivity contribution in [1.82, 2.24) is 9.88 Å². The van der Waals surface area contributed by atoms with Crippen LogP contribution in [0.3, 0.4) is 0 Å². The van der Waals surface area contributed by atoms with E-state index in [2.05, 4.69) is 15.2 Å². The maximum Gasteiger partial charge on any atom is 0.253 e. The molecule has 0 bridgehead atoms. The minimum atomic E-state index is -0.330. The van der Waals surface area contributed by atoms with Crippen molar-refractivity contribution in [2.75, 3.05) is 36.4 Å². The van der Waals surface area contributed by atoms with Crippen molar-refractivity contribution in [3.63, 3.8) is 0 Å². The molecule has 1 aromatic heterocycles. The van der Waals surface area contributed by atoms with Crippen molar-refractivity contribution in [2.45, 2.75) is 6.42 Å². The Morgan fingerprint density at radius 3 is 2.25 bits per heavy atom. The molecule has 2 heterocycles. The van der Waals surface area contributed by atoms with E-state index in [0.29, 0.717) is 42.5 Å². The van der Waals surface area contributed by atoms with Crippen molar-refractivity contribution >= 4 is 34.9 Å². The highest BCUT2D eigenvalue weighted by molar-refractivity contribution is 6.30. The van der Waals surface area contributed by atoms with Gasteiger partial charge in [0.2, 0.25) is 5.91 Å². The van der Waals surface area contributed by atoms with Gasteiger partial charge in [-0.3, -0.25) is 9.59 Å². The van der Waals surface area contributed by atoms with Crippen LogP contribution >= 0.6 is 11.6 Å². The van der Waals surface area contributed by atoms with Gasteiger partial charge in [0.15, 0.2) is 0 Å². The van der Waals surface area contributed by atoms with Gasteiger partial charge in [-0.05, 0) is 54.1 Å². The van der Waals surface area contributed by atoms with Crippen LogP contribution in [0.25, 0.3) is 0 Å². The lowest BCUT2D eigenvalue weighted by molar-refractivity contribution is -0.115. The molecule has 0 spiro atoms. The number of nitrogens with one attached hydrogen (secondary N) is 1. The number of hydrogen-bond donors (Lipinski definition) is 1. The van der Waals surface area contributed by atoms with Crippen LogP contribution in [0, 0.1) is 5.82 Å². The molecule has 4 rings (SSSR count). The maximum absolute atomic E-state index is 13.0. The molecule has 6 nitrogen and oxygen atoms in total. The molecule has 8 heteroatoms. The van der Waals surface area contributed by atoms with Crippen LogP contribution in [0.4, 0.5) is 15.9 Å². The van der Waals surface area contributed by atoms with Crippen molar-refractivity contribution in [3.8, 4) is 0 Å². The molecule has 0 aliphatic carbocycles. The molecule has 1 aliphatic heterocycles. The van der Waals surface area contributed by atoms with Gasteiger partial charge in [-0.15, -0.1) is 0 Å². The van der Waals surface area contributed by atoms with E-state index in [1.807, 2.05) is 11.0 Å². The number of nitrogens with zero attached hydrogens (tertiary/aromatic N) is 3. The number of anilines is 2. The standard InChI is InChI=1S/C24H22ClFN4O2/c25-19-5-3-18(4-6-19)24(32)30-13-11-29(12-14-30)22-10-9-21(16-27-22)28-23(31)15-17-1-7-20(26)8-2-17/h1-10,16H,11-15H2,(H,28,31). The molecule has 0 radical (unpaired) electrons. The van der Waals surface area contributed by atoms with E-state index in [0.717, 1.165) is 11.4 Å². The van der Waals surface area contributed by atoms with Crippen LogP contribution in [0.1, 0.15) is 15.9 Å². The second kappa shape index (κ2) is 9.78. The van der Waals surface area contributed by atoms with E-state index in [4.69, 9.17) is 11.6 Å². The predicted molar refractivity (Wildman–Crippen MR) is 123 cm³/mol. The van der Waals surface area contributed by atoms with Gasteiger partial charge in [0.25, 0.3) is 5.91 Å². The molecule has 0 unspecified atom stereocenters. The zero-order valence-electron chi connectivity index (χ0n) is 17.3. The molecule has 164 valence electrons. The number of halogens is 2. The summed E-state index contributed by atoms with van der Waals surface area (Å²) in [6.45, 7) is 2.53. The molecule has 1 fully saturated rings. The summed E-state index contributed by atoms with van der Waals surface area (Å²) in [6.07, 6.45) is 1.77. The highest BCUT2D eigenvalue weighted by atomic mass is 35.5. The van der Waals surface area contributed by atoms with Gasteiger partial charge < -0.3 is 15.1 Å². The summed E-state index contributed by atoms with van der Waals surface area (Å²) in [5, 5.41) is 3.41. The lowest BCUT2D eigenvalue weighted by Gasteiger charge is -2.35. The molecule has 1 N–H and O–H groups in total. The highest BCUT2D eigenvalue weighted by Crippen LogP contribution is 2.18. The molecule has 1 aliphatic rings. The van der Waals surface area contributed by atoms with Crippen LogP contribution < -0.4 is 10.2 Å². The Kier molecular flexibility index (Phi) is 6.66. The fourth-order valence-electron chi connectivity index (χ4n) is 3.55. The van der Waals surface area contributed by atoms with Gasteiger partial charge in [-0.2, -0.15) is 0 Å². The second-order valence-electron chi connectivity index (χ2n) is 7.54. The Morgan fingerprint density at radius 2 is 1.62 bits per heavy atom. The van der Waals surface area contributed by atoms with Gasteiger partial charge in [-0.25, -0.2) is 9.37 Å². The number of aromatic nitrogens is 1. The topological polar surface area (TPSA) is 65.5 Å². The quantitative estimate of drug-likeness (QED) is 0.635. The normalized spacial score (nSPS) is 13.7. The molecule has 0 saturated carbocycles. The van der Waals surface area contributed by atoms with Crippen LogP contribution in [0.5, 0.6) is 0 Å². The number of amides is 2. The molecule has 0 atom stereocenters. The van der Waals surface area contributed by atoms with E-state index >= 15 is 0 Å². The van der Waals surface area contributed by atoms with Gasteiger partial charge in [0, 0.05) is 36.8 Å². The van der Waals surface area contributed by atoms with Crippen molar-refractivity contribution in [2.24, 2.45) is 0 Å². The molecule has 1 saturated heterocycles. The lowest BCUT2D eigenvalue weighted by Crippen LogP contribution is -2.49. The van der Waals surface area contributed by atoms with Crippen LogP contribution in [0.2, 0.25) is 5.02 Å². The molecule has 32 heavy (non-hydrogen) atoms. The Bertz CT molecular complexity index is 1080. The zero-order chi connectivity index (χ0) is 22.5. The number of carbonyl (C=O) groups excluding carboxylic acids is 2. The third-order valence-electron chi connectivity index (χ3n) is 5.29. The number of carbonyl (C=O) groups is 2. The minimum Gasteiger partial charge on any atom is -0.353 e. The first-order chi connectivity index (χ1) is 15.5. The average molecular weight is 453 g/mol. The summed E-state index contributed by atoms with van der Waals surface area (Å²) in [6, 6.07) is 16.4. The van der Waals surface area contributed by atoms with Crippen LogP contribution in [0.15, 0.2) is 66.9 Å². The first kappa shape index (κ1) is 21.8. The van der Waals surface area contributed by atoms with E-state index in [1.54, 1.807) is 48.7 Å². The molecule has 3 aromatic rings. The van der Waals surface area contributed by atoms with E-state index in [9.17, 15) is 14.0 Å². The first-order valence-electron chi connectivity index (χ1n) is 10.3. The zero-order valence-corrected chi connectivity index (χ0v) is 18.1. The van der Waals surface area contributed by atoms with Crippen molar-refractivity contribution in [3.05, 3.63) is 88.8 Å². The average Bonchev–Trinajstić information content (AvgIpc) is 2.81.